The maximum absolute atomic E-state index is 13.6. The predicted molar refractivity (Wildman–Crippen MR) is 143 cm³/mol. The minimum absolute atomic E-state index is 0.0521. The molecule has 0 saturated carbocycles. The van der Waals surface area contributed by atoms with Gasteiger partial charge in [-0.05, 0) is 61.2 Å². The van der Waals surface area contributed by atoms with E-state index in [0.717, 1.165) is 0 Å². The van der Waals surface area contributed by atoms with Gasteiger partial charge < -0.3 is 25.4 Å². The largest absolute Gasteiger partial charge is 0.454 e. The molecule has 0 bridgehead atoms. The van der Waals surface area contributed by atoms with E-state index in [9.17, 15) is 22.8 Å². The lowest BCUT2D eigenvalue weighted by Crippen LogP contribution is -2.51. The zero-order valence-electron chi connectivity index (χ0n) is 21.3. The molecule has 0 spiro atoms. The maximum Gasteiger partial charge on any atom is 0.329 e. The summed E-state index contributed by atoms with van der Waals surface area (Å²) in [6, 6.07) is 15.6. The van der Waals surface area contributed by atoms with E-state index in [4.69, 9.17) is 15.2 Å². The van der Waals surface area contributed by atoms with Crippen LogP contribution in [0.1, 0.15) is 27.9 Å². The molecule has 0 aliphatic carbocycles. The van der Waals surface area contributed by atoms with Gasteiger partial charge in [0.05, 0.1) is 4.90 Å². The average Bonchev–Trinajstić information content (AvgIpc) is 3.38. The van der Waals surface area contributed by atoms with Gasteiger partial charge in [-0.3, -0.25) is 9.59 Å². The molecule has 1 aliphatic heterocycles. The molecule has 0 fully saturated rings. The number of carbonyl (C=O) groups is 3. The fourth-order valence-electron chi connectivity index (χ4n) is 4.13. The summed E-state index contributed by atoms with van der Waals surface area (Å²) in [6.45, 7) is 1.68. The molecule has 0 saturated heterocycles. The highest BCUT2D eigenvalue weighted by Gasteiger charge is 2.28. The number of anilines is 1. The van der Waals surface area contributed by atoms with Crippen LogP contribution in [0.25, 0.3) is 0 Å². The Labute approximate surface area is 225 Å². The lowest BCUT2D eigenvalue weighted by molar-refractivity contribution is -0.120. The molecule has 39 heavy (non-hydrogen) atoms. The number of likely N-dealkylation sites (N-methyl/N-ethyl adjacent to an activating group) is 1. The summed E-state index contributed by atoms with van der Waals surface area (Å²) in [5, 5.41) is 2.50. The third-order valence-corrected chi connectivity index (χ3v) is 7.71. The van der Waals surface area contributed by atoms with E-state index in [1.165, 1.54) is 18.0 Å². The normalized spacial score (nSPS) is 12.9. The summed E-state index contributed by atoms with van der Waals surface area (Å²) in [6.07, 6.45) is 0.394. The fourth-order valence-corrected chi connectivity index (χ4v) is 5.29. The Morgan fingerprint density at radius 2 is 1.74 bits per heavy atom. The Morgan fingerprint density at radius 3 is 2.49 bits per heavy atom. The quantitative estimate of drug-likeness (QED) is 0.368. The lowest BCUT2D eigenvalue weighted by atomic mass is 10.0. The summed E-state index contributed by atoms with van der Waals surface area (Å²) in [5.74, 6) is -0.0688. The van der Waals surface area contributed by atoms with Crippen LogP contribution in [0.5, 0.6) is 11.5 Å². The minimum atomic E-state index is -4.19. The van der Waals surface area contributed by atoms with Crippen molar-refractivity contribution >= 4 is 33.6 Å². The van der Waals surface area contributed by atoms with Crippen molar-refractivity contribution in [2.24, 2.45) is 5.73 Å². The van der Waals surface area contributed by atoms with Crippen LogP contribution in [0.3, 0.4) is 0 Å². The topological polar surface area (TPSA) is 157 Å². The highest BCUT2D eigenvalue weighted by atomic mass is 32.2. The number of sulfonamides is 1. The number of ether oxygens (including phenoxy) is 2. The second-order valence-electron chi connectivity index (χ2n) is 8.94. The van der Waals surface area contributed by atoms with Crippen molar-refractivity contribution in [2.75, 3.05) is 18.7 Å². The van der Waals surface area contributed by atoms with Crippen LogP contribution in [0.2, 0.25) is 0 Å². The zero-order valence-corrected chi connectivity index (χ0v) is 22.2. The second kappa shape index (κ2) is 11.4. The van der Waals surface area contributed by atoms with Gasteiger partial charge in [-0.25, -0.2) is 17.9 Å². The van der Waals surface area contributed by atoms with Crippen molar-refractivity contribution in [1.82, 2.24) is 10.0 Å². The lowest BCUT2D eigenvalue weighted by Gasteiger charge is -2.25. The summed E-state index contributed by atoms with van der Waals surface area (Å²) in [5.41, 5.74) is 7.34. The van der Waals surface area contributed by atoms with Crippen LogP contribution in [0.15, 0.2) is 71.6 Å². The number of primary amides is 1. The first kappa shape index (κ1) is 27.5. The van der Waals surface area contributed by atoms with Crippen molar-refractivity contribution in [1.29, 1.82) is 0 Å². The van der Waals surface area contributed by atoms with Gasteiger partial charge in [-0.1, -0.05) is 30.3 Å². The van der Waals surface area contributed by atoms with Crippen molar-refractivity contribution in [3.05, 3.63) is 83.4 Å². The molecule has 0 aromatic heterocycles. The number of amides is 4. The summed E-state index contributed by atoms with van der Waals surface area (Å²) in [4.78, 5) is 39.3. The molecule has 1 atom stereocenters. The summed E-state index contributed by atoms with van der Waals surface area (Å²) >= 11 is 0. The first-order valence-electron chi connectivity index (χ1n) is 12.0. The monoisotopic (exact) mass is 552 g/mol. The standard InChI is InChI=1S/C27H28N4O7S/c1-17-6-3-4-9-24(17)39(35,36)30-27(34)29-21(12-10-18-7-5-8-19(14-18)25(28)32)26(33)31(2)20-11-13-22-23(15-20)38-16-37-22/h3-9,11,13-15,21H,10,12,16H2,1-2H3,(H2,28,32)(H2,29,30,34)/t21-/m0/s1. The number of nitrogens with zero attached hydrogens (tertiary/aromatic N) is 1. The molecule has 4 N–H and O–H groups in total. The molecule has 11 nitrogen and oxygen atoms in total. The predicted octanol–water partition coefficient (Wildman–Crippen LogP) is 2.47. The van der Waals surface area contributed by atoms with Gasteiger partial charge in [0.25, 0.3) is 10.0 Å². The molecule has 0 unspecified atom stereocenters. The fraction of sp³-hybridized carbons (Fsp3) is 0.222. The molecule has 4 rings (SSSR count). The number of carbonyl (C=O) groups excluding carboxylic acids is 3. The van der Waals surface area contributed by atoms with Crippen molar-refractivity contribution in [3.63, 3.8) is 0 Å². The SMILES string of the molecule is Cc1ccccc1S(=O)(=O)NC(=O)N[C@@H](CCc1cccc(C(N)=O)c1)C(=O)N(C)c1ccc2c(c1)OCO2. The first-order valence-corrected chi connectivity index (χ1v) is 13.5. The van der Waals surface area contributed by atoms with Crippen LogP contribution in [-0.2, 0) is 21.2 Å². The molecule has 3 aromatic carbocycles. The number of fused-ring (bicyclic) bond motifs is 1. The van der Waals surface area contributed by atoms with E-state index in [2.05, 4.69) is 5.32 Å². The zero-order chi connectivity index (χ0) is 28.2. The van der Waals surface area contributed by atoms with Crippen molar-refractivity contribution in [2.45, 2.75) is 30.7 Å². The molecular weight excluding hydrogens is 524 g/mol. The van der Waals surface area contributed by atoms with Crippen molar-refractivity contribution < 1.29 is 32.3 Å². The number of benzene rings is 3. The molecule has 0 radical (unpaired) electrons. The Balaban J connectivity index is 1.55. The van der Waals surface area contributed by atoms with E-state index >= 15 is 0 Å². The molecule has 3 aromatic rings. The molecule has 4 amide bonds. The average molecular weight is 553 g/mol. The Hall–Kier alpha value is -4.58. The number of nitrogens with two attached hydrogens (primary N) is 1. The van der Waals surface area contributed by atoms with Crippen molar-refractivity contribution in [3.8, 4) is 11.5 Å². The number of aryl methyl sites for hydroxylation is 2. The van der Waals surface area contributed by atoms with Gasteiger partial charge in [0.2, 0.25) is 18.6 Å². The third-order valence-electron chi connectivity index (χ3n) is 6.22. The van der Waals surface area contributed by atoms with E-state index < -0.39 is 33.9 Å². The molecule has 1 aliphatic rings. The van der Waals surface area contributed by atoms with Crippen LogP contribution < -0.4 is 30.1 Å². The first-order chi connectivity index (χ1) is 18.5. The summed E-state index contributed by atoms with van der Waals surface area (Å²) in [7, 11) is -2.66. The van der Waals surface area contributed by atoms with Gasteiger partial charge in [0, 0.05) is 24.4 Å². The highest BCUT2D eigenvalue weighted by molar-refractivity contribution is 7.90. The van der Waals surface area contributed by atoms with Gasteiger partial charge >= 0.3 is 6.03 Å². The number of hydrogen-bond acceptors (Lipinski definition) is 7. The van der Waals surface area contributed by atoms with E-state index in [1.54, 1.807) is 67.6 Å². The summed E-state index contributed by atoms with van der Waals surface area (Å²) < 4.78 is 38.3. The van der Waals surface area contributed by atoms with E-state index in [-0.39, 0.29) is 24.5 Å². The number of urea groups is 1. The number of hydrogen-bond donors (Lipinski definition) is 3. The highest BCUT2D eigenvalue weighted by Crippen LogP contribution is 2.35. The van der Waals surface area contributed by atoms with Crippen LogP contribution in [0, 0.1) is 6.92 Å². The van der Waals surface area contributed by atoms with Gasteiger partial charge in [0.15, 0.2) is 11.5 Å². The smallest absolute Gasteiger partial charge is 0.329 e. The van der Waals surface area contributed by atoms with E-state index in [0.29, 0.717) is 33.9 Å². The number of nitrogens with one attached hydrogen (secondary N) is 2. The Bertz CT molecular complexity index is 1520. The molecule has 1 heterocycles. The van der Waals surface area contributed by atoms with Crippen LogP contribution >= 0.6 is 0 Å². The second-order valence-corrected chi connectivity index (χ2v) is 10.6. The van der Waals surface area contributed by atoms with Gasteiger partial charge in [-0.2, -0.15) is 0 Å². The van der Waals surface area contributed by atoms with Gasteiger partial charge in [0.1, 0.15) is 6.04 Å². The molecular formula is C27H28N4O7S. The Morgan fingerprint density at radius 1 is 1.00 bits per heavy atom. The third kappa shape index (κ3) is 6.47. The Kier molecular flexibility index (Phi) is 8.05. The maximum atomic E-state index is 13.6. The minimum Gasteiger partial charge on any atom is -0.454 e. The van der Waals surface area contributed by atoms with Crippen LogP contribution in [0.4, 0.5) is 10.5 Å². The molecule has 12 heteroatoms. The number of rotatable bonds is 9. The molecule has 204 valence electrons. The van der Waals surface area contributed by atoms with E-state index in [1.807, 2.05) is 4.72 Å². The van der Waals surface area contributed by atoms with Gasteiger partial charge in [-0.15, -0.1) is 0 Å². The van der Waals surface area contributed by atoms with Crippen LogP contribution in [-0.4, -0.2) is 46.1 Å².